The number of unbranched alkanes of at least 4 members (excludes halogenated alkanes) is 1. The van der Waals surface area contributed by atoms with Crippen molar-refractivity contribution in [3.8, 4) is 0 Å². The molecule has 1 N–H and O–H groups in total. The molecule has 1 aliphatic rings. The van der Waals surface area contributed by atoms with Crippen molar-refractivity contribution in [2.75, 3.05) is 18.5 Å². The van der Waals surface area contributed by atoms with E-state index in [-0.39, 0.29) is 30.7 Å². The van der Waals surface area contributed by atoms with E-state index in [0.29, 0.717) is 27.1 Å². The molecule has 0 spiro atoms. The molecule has 172 valence electrons. The molecule has 1 aliphatic heterocycles. The van der Waals surface area contributed by atoms with Crippen LogP contribution in [-0.4, -0.2) is 40.2 Å². The topological polar surface area (TPSA) is 75.7 Å². The molecule has 0 saturated carbocycles. The molecular weight excluding hydrogens is 524 g/mol. The number of hydrogen-bond acceptors (Lipinski definition) is 6. The molecule has 0 unspecified atom stereocenters. The second-order valence-corrected chi connectivity index (χ2v) is 9.84. The normalized spacial score (nSPS) is 14.6. The van der Waals surface area contributed by atoms with Crippen LogP contribution in [0.3, 0.4) is 0 Å². The molecule has 0 aromatic heterocycles. The fourth-order valence-electron chi connectivity index (χ4n) is 2.96. The average molecular weight is 547 g/mol. The van der Waals surface area contributed by atoms with Gasteiger partial charge in [-0.15, -0.1) is 0 Å². The zero-order valence-electron chi connectivity index (χ0n) is 18.0. The van der Waals surface area contributed by atoms with Crippen LogP contribution < -0.4 is 5.32 Å². The number of carbonyl (C=O) groups is 3. The summed E-state index contributed by atoms with van der Waals surface area (Å²) in [6.45, 7) is 2.61. The summed E-state index contributed by atoms with van der Waals surface area (Å²) in [6.07, 6.45) is 3.66. The van der Waals surface area contributed by atoms with Crippen LogP contribution in [-0.2, 0) is 14.3 Å². The summed E-state index contributed by atoms with van der Waals surface area (Å²) in [5, 5.41) is 2.77. The molecule has 2 aromatic carbocycles. The van der Waals surface area contributed by atoms with Crippen molar-refractivity contribution < 1.29 is 19.1 Å². The van der Waals surface area contributed by atoms with E-state index in [4.69, 9.17) is 17.0 Å². The first-order chi connectivity index (χ1) is 15.9. The molecule has 0 radical (unpaired) electrons. The average Bonchev–Trinajstić information content (AvgIpc) is 3.05. The zero-order chi connectivity index (χ0) is 23.8. The molecule has 33 heavy (non-hydrogen) atoms. The molecule has 2 aromatic rings. The standard InChI is InChI=1S/C24H23BrN2O4S2/c1-2-3-13-31-23(30)17-7-9-19(10-8-17)26-21(28)11-12-27-22(29)20(33-24(27)32)15-16-5-4-6-18(25)14-16/h4-10,14-15H,2-3,11-13H2,1H3,(H,26,28)/b20-15+. The van der Waals surface area contributed by atoms with Gasteiger partial charge in [0, 0.05) is 23.1 Å². The highest BCUT2D eigenvalue weighted by Crippen LogP contribution is 2.33. The Labute approximate surface area is 210 Å². The summed E-state index contributed by atoms with van der Waals surface area (Å²) < 4.78 is 6.52. The van der Waals surface area contributed by atoms with E-state index < -0.39 is 0 Å². The predicted octanol–water partition coefficient (Wildman–Crippen LogP) is 5.64. The Bertz CT molecular complexity index is 1090. The summed E-state index contributed by atoms with van der Waals surface area (Å²) in [4.78, 5) is 39.0. The van der Waals surface area contributed by atoms with Gasteiger partial charge in [0.1, 0.15) is 4.32 Å². The SMILES string of the molecule is CCCCOC(=O)c1ccc(NC(=O)CCN2C(=O)/C(=C\c3cccc(Br)c3)SC2=S)cc1. The van der Waals surface area contributed by atoms with Gasteiger partial charge in [-0.1, -0.05) is 65.4 Å². The third kappa shape index (κ3) is 7.25. The van der Waals surface area contributed by atoms with Gasteiger partial charge in [0.25, 0.3) is 5.91 Å². The predicted molar refractivity (Wildman–Crippen MR) is 139 cm³/mol. The molecule has 0 atom stereocenters. The first-order valence-corrected chi connectivity index (χ1v) is 12.5. The number of benzene rings is 2. The summed E-state index contributed by atoms with van der Waals surface area (Å²) in [6, 6.07) is 14.1. The van der Waals surface area contributed by atoms with Gasteiger partial charge in [0.05, 0.1) is 17.1 Å². The fraction of sp³-hybridized carbons (Fsp3) is 0.250. The number of thioether (sulfide) groups is 1. The van der Waals surface area contributed by atoms with Crippen molar-refractivity contribution in [3.63, 3.8) is 0 Å². The second-order valence-electron chi connectivity index (χ2n) is 7.25. The van der Waals surface area contributed by atoms with Crippen LogP contribution in [0.2, 0.25) is 0 Å². The van der Waals surface area contributed by atoms with Crippen LogP contribution in [0.5, 0.6) is 0 Å². The lowest BCUT2D eigenvalue weighted by Gasteiger charge is -2.14. The van der Waals surface area contributed by atoms with Crippen molar-refractivity contribution in [2.24, 2.45) is 0 Å². The fourth-order valence-corrected chi connectivity index (χ4v) is 4.69. The van der Waals surface area contributed by atoms with E-state index in [2.05, 4.69) is 21.2 Å². The van der Waals surface area contributed by atoms with E-state index in [1.807, 2.05) is 31.2 Å². The van der Waals surface area contributed by atoms with Gasteiger partial charge < -0.3 is 10.1 Å². The highest BCUT2D eigenvalue weighted by Gasteiger charge is 2.32. The van der Waals surface area contributed by atoms with Crippen molar-refractivity contribution in [1.29, 1.82) is 0 Å². The van der Waals surface area contributed by atoms with Gasteiger partial charge >= 0.3 is 5.97 Å². The van der Waals surface area contributed by atoms with Gasteiger partial charge in [-0.25, -0.2) is 4.79 Å². The number of ether oxygens (including phenoxy) is 1. The zero-order valence-corrected chi connectivity index (χ0v) is 21.2. The van der Waals surface area contributed by atoms with Gasteiger partial charge in [-0.3, -0.25) is 14.5 Å². The number of carbonyl (C=O) groups excluding carboxylic acids is 3. The number of halogens is 1. The first kappa shape index (κ1) is 25.1. The Hall–Kier alpha value is -2.49. The van der Waals surface area contributed by atoms with Gasteiger partial charge in [-0.05, 0) is 54.5 Å². The minimum Gasteiger partial charge on any atom is -0.462 e. The number of esters is 1. The Morgan fingerprint density at radius 3 is 2.67 bits per heavy atom. The number of rotatable bonds is 9. The summed E-state index contributed by atoms with van der Waals surface area (Å²) in [5.41, 5.74) is 1.88. The largest absolute Gasteiger partial charge is 0.462 e. The Morgan fingerprint density at radius 1 is 1.21 bits per heavy atom. The molecule has 0 aliphatic carbocycles. The number of nitrogens with one attached hydrogen (secondary N) is 1. The smallest absolute Gasteiger partial charge is 0.338 e. The van der Waals surface area contributed by atoms with Crippen molar-refractivity contribution in [1.82, 2.24) is 4.90 Å². The molecule has 1 fully saturated rings. The Balaban J connectivity index is 1.51. The summed E-state index contributed by atoms with van der Waals surface area (Å²) >= 11 is 9.98. The minimum absolute atomic E-state index is 0.0947. The third-order valence-electron chi connectivity index (χ3n) is 4.72. The van der Waals surface area contributed by atoms with Crippen LogP contribution in [0, 0.1) is 0 Å². The number of amides is 2. The summed E-state index contributed by atoms with van der Waals surface area (Å²) in [5.74, 6) is -0.839. The van der Waals surface area contributed by atoms with Crippen LogP contribution >= 0.6 is 39.9 Å². The monoisotopic (exact) mass is 546 g/mol. The van der Waals surface area contributed by atoms with Gasteiger partial charge in [0.2, 0.25) is 5.91 Å². The van der Waals surface area contributed by atoms with Crippen LogP contribution in [0.25, 0.3) is 6.08 Å². The van der Waals surface area contributed by atoms with E-state index in [0.717, 1.165) is 22.9 Å². The van der Waals surface area contributed by atoms with E-state index >= 15 is 0 Å². The molecule has 3 rings (SSSR count). The number of anilines is 1. The van der Waals surface area contributed by atoms with Crippen molar-refractivity contribution in [2.45, 2.75) is 26.2 Å². The molecule has 0 bridgehead atoms. The van der Waals surface area contributed by atoms with Crippen molar-refractivity contribution >= 4 is 73.8 Å². The molecule has 9 heteroatoms. The molecular formula is C24H23BrN2O4S2. The van der Waals surface area contributed by atoms with Crippen LogP contribution in [0.1, 0.15) is 42.1 Å². The lowest BCUT2D eigenvalue weighted by Crippen LogP contribution is -2.31. The molecule has 2 amide bonds. The maximum Gasteiger partial charge on any atom is 0.338 e. The number of hydrogen-bond donors (Lipinski definition) is 1. The number of thiocarbonyl (C=S) groups is 1. The second kappa shape index (κ2) is 12.1. The molecule has 1 saturated heterocycles. The van der Waals surface area contributed by atoms with E-state index in [1.165, 1.54) is 16.7 Å². The highest BCUT2D eigenvalue weighted by atomic mass is 79.9. The Kier molecular flexibility index (Phi) is 9.22. The highest BCUT2D eigenvalue weighted by molar-refractivity contribution is 9.10. The first-order valence-electron chi connectivity index (χ1n) is 10.5. The summed E-state index contributed by atoms with van der Waals surface area (Å²) in [7, 11) is 0. The lowest BCUT2D eigenvalue weighted by atomic mass is 10.2. The van der Waals surface area contributed by atoms with Crippen LogP contribution in [0.15, 0.2) is 57.9 Å². The quantitative estimate of drug-likeness (QED) is 0.190. The van der Waals surface area contributed by atoms with Crippen LogP contribution in [0.4, 0.5) is 5.69 Å². The lowest BCUT2D eigenvalue weighted by molar-refractivity contribution is -0.122. The maximum absolute atomic E-state index is 12.7. The number of nitrogens with zero attached hydrogens (tertiary/aromatic N) is 1. The molecule has 6 nitrogen and oxygen atoms in total. The minimum atomic E-state index is -0.383. The van der Waals surface area contributed by atoms with Crippen molar-refractivity contribution in [3.05, 3.63) is 69.0 Å². The van der Waals surface area contributed by atoms with E-state index in [9.17, 15) is 14.4 Å². The van der Waals surface area contributed by atoms with E-state index in [1.54, 1.807) is 30.3 Å². The third-order valence-corrected chi connectivity index (χ3v) is 6.59. The Morgan fingerprint density at radius 2 is 1.97 bits per heavy atom. The maximum atomic E-state index is 12.7. The van der Waals surface area contributed by atoms with Gasteiger partial charge in [-0.2, -0.15) is 0 Å². The van der Waals surface area contributed by atoms with Gasteiger partial charge in [0.15, 0.2) is 0 Å². The molecule has 1 heterocycles.